The maximum atomic E-state index is 13.1. The molecule has 0 saturated heterocycles. The summed E-state index contributed by atoms with van der Waals surface area (Å²) in [6.07, 6.45) is 0. The Kier molecular flexibility index (Phi) is 5.92. The van der Waals surface area contributed by atoms with Crippen LogP contribution in [0.5, 0.6) is 11.5 Å². The standard InChI is InChI=1S/C23H18N4O7/c1-32-18-10-15(24-21-13(18)7-5-9-17(21)27(30)31)22(28)26-14-8-4-6-12-19(33-2)11-16(23(29)34-3)25-20(12)14/h4-11H,1-3H3,(H,26,28). The third-order valence-corrected chi connectivity index (χ3v) is 5.09. The van der Waals surface area contributed by atoms with E-state index >= 15 is 0 Å². The summed E-state index contributed by atoms with van der Waals surface area (Å²) < 4.78 is 15.5. The van der Waals surface area contributed by atoms with Gasteiger partial charge in [0, 0.05) is 29.0 Å². The molecule has 4 rings (SSSR count). The van der Waals surface area contributed by atoms with Crippen LogP contribution in [0.2, 0.25) is 0 Å². The summed E-state index contributed by atoms with van der Waals surface area (Å²) in [5.74, 6) is -0.711. The molecule has 0 spiro atoms. The van der Waals surface area contributed by atoms with Crippen molar-refractivity contribution < 1.29 is 28.7 Å². The van der Waals surface area contributed by atoms with Crippen LogP contribution in [0.3, 0.4) is 0 Å². The second-order valence-corrected chi connectivity index (χ2v) is 7.00. The number of anilines is 1. The molecular weight excluding hydrogens is 444 g/mol. The van der Waals surface area contributed by atoms with E-state index in [4.69, 9.17) is 14.2 Å². The number of non-ortho nitro benzene ring substituents is 1. The average Bonchev–Trinajstić information content (AvgIpc) is 2.86. The van der Waals surface area contributed by atoms with Crippen LogP contribution in [0.25, 0.3) is 21.8 Å². The normalized spacial score (nSPS) is 10.7. The number of nitro benzene ring substituents is 1. The summed E-state index contributed by atoms with van der Waals surface area (Å²) >= 11 is 0. The van der Waals surface area contributed by atoms with Gasteiger partial charge in [-0.25, -0.2) is 14.8 Å². The number of ether oxygens (including phenoxy) is 3. The van der Waals surface area contributed by atoms with Gasteiger partial charge in [-0.2, -0.15) is 0 Å². The molecule has 4 aromatic rings. The van der Waals surface area contributed by atoms with Crippen molar-refractivity contribution in [2.24, 2.45) is 0 Å². The Morgan fingerprint density at radius 2 is 1.47 bits per heavy atom. The predicted molar refractivity (Wildman–Crippen MR) is 123 cm³/mol. The van der Waals surface area contributed by atoms with Gasteiger partial charge >= 0.3 is 5.97 Å². The third kappa shape index (κ3) is 3.90. The highest BCUT2D eigenvalue weighted by Crippen LogP contribution is 2.33. The van der Waals surface area contributed by atoms with Crippen LogP contribution in [0, 0.1) is 10.1 Å². The van der Waals surface area contributed by atoms with E-state index in [2.05, 4.69) is 15.3 Å². The quantitative estimate of drug-likeness (QED) is 0.257. The van der Waals surface area contributed by atoms with Crippen LogP contribution < -0.4 is 14.8 Å². The van der Waals surface area contributed by atoms with Gasteiger partial charge in [-0.3, -0.25) is 14.9 Å². The number of esters is 1. The summed E-state index contributed by atoms with van der Waals surface area (Å²) in [7, 11) is 4.07. The molecule has 0 fully saturated rings. The number of hydrogen-bond acceptors (Lipinski definition) is 9. The molecule has 0 aliphatic carbocycles. The highest BCUT2D eigenvalue weighted by Gasteiger charge is 2.21. The molecule has 0 saturated carbocycles. The first-order valence-corrected chi connectivity index (χ1v) is 9.87. The maximum absolute atomic E-state index is 13.1. The van der Waals surface area contributed by atoms with Crippen molar-refractivity contribution in [2.45, 2.75) is 0 Å². The van der Waals surface area contributed by atoms with Gasteiger partial charge in [0.05, 0.1) is 37.5 Å². The number of hydrogen-bond donors (Lipinski definition) is 1. The Balaban J connectivity index is 1.83. The second kappa shape index (κ2) is 8.98. The lowest BCUT2D eigenvalue weighted by atomic mass is 10.1. The average molecular weight is 462 g/mol. The monoisotopic (exact) mass is 462 g/mol. The molecule has 11 nitrogen and oxygen atoms in total. The number of nitrogens with one attached hydrogen (secondary N) is 1. The fourth-order valence-corrected chi connectivity index (χ4v) is 3.52. The lowest BCUT2D eigenvalue weighted by Gasteiger charge is -2.13. The molecule has 34 heavy (non-hydrogen) atoms. The van der Waals surface area contributed by atoms with E-state index in [1.807, 2.05) is 0 Å². The summed E-state index contributed by atoms with van der Waals surface area (Å²) in [4.78, 5) is 44.6. The van der Waals surface area contributed by atoms with Crippen LogP contribution in [-0.4, -0.2) is 48.1 Å². The number of fused-ring (bicyclic) bond motifs is 2. The minimum Gasteiger partial charge on any atom is -0.496 e. The molecule has 0 atom stereocenters. The zero-order valence-corrected chi connectivity index (χ0v) is 18.3. The number of carbonyl (C=O) groups is 2. The summed E-state index contributed by atoms with van der Waals surface area (Å²) in [6, 6.07) is 12.2. The van der Waals surface area contributed by atoms with Gasteiger partial charge in [0.1, 0.15) is 17.2 Å². The Bertz CT molecular complexity index is 1470. The molecule has 11 heteroatoms. The number of nitrogens with zero attached hydrogens (tertiary/aromatic N) is 3. The smallest absolute Gasteiger partial charge is 0.356 e. The number of carbonyl (C=O) groups excluding carboxylic acids is 2. The topological polar surface area (TPSA) is 143 Å². The number of aromatic nitrogens is 2. The minimum absolute atomic E-state index is 0.00493. The number of rotatable bonds is 6. The number of nitro groups is 1. The van der Waals surface area contributed by atoms with Crippen molar-refractivity contribution in [2.75, 3.05) is 26.6 Å². The van der Waals surface area contributed by atoms with E-state index < -0.39 is 16.8 Å². The van der Waals surface area contributed by atoms with Gasteiger partial charge in [-0.1, -0.05) is 12.1 Å². The largest absolute Gasteiger partial charge is 0.496 e. The van der Waals surface area contributed by atoms with Crippen LogP contribution in [0.1, 0.15) is 21.0 Å². The van der Waals surface area contributed by atoms with Crippen LogP contribution >= 0.6 is 0 Å². The van der Waals surface area contributed by atoms with Gasteiger partial charge in [0.25, 0.3) is 11.6 Å². The van der Waals surface area contributed by atoms with Gasteiger partial charge in [-0.05, 0) is 18.2 Å². The van der Waals surface area contributed by atoms with E-state index in [1.165, 1.54) is 45.6 Å². The van der Waals surface area contributed by atoms with E-state index in [0.717, 1.165) is 0 Å². The van der Waals surface area contributed by atoms with Crippen molar-refractivity contribution >= 4 is 45.1 Å². The van der Waals surface area contributed by atoms with Crippen molar-refractivity contribution in [1.29, 1.82) is 0 Å². The molecule has 0 radical (unpaired) electrons. The third-order valence-electron chi connectivity index (χ3n) is 5.09. The number of methoxy groups -OCH3 is 3. The van der Waals surface area contributed by atoms with E-state index in [-0.39, 0.29) is 39.5 Å². The Labute approximate surface area is 192 Å². The zero-order valence-electron chi connectivity index (χ0n) is 18.3. The van der Waals surface area contributed by atoms with Gasteiger partial charge in [-0.15, -0.1) is 0 Å². The van der Waals surface area contributed by atoms with Gasteiger partial charge in [0.15, 0.2) is 11.2 Å². The fourth-order valence-electron chi connectivity index (χ4n) is 3.52. The molecule has 1 N–H and O–H groups in total. The van der Waals surface area contributed by atoms with Crippen molar-refractivity contribution in [3.05, 3.63) is 70.0 Å². The highest BCUT2D eigenvalue weighted by molar-refractivity contribution is 6.10. The Morgan fingerprint density at radius 1 is 0.882 bits per heavy atom. The molecule has 2 aromatic heterocycles. The first kappa shape index (κ1) is 22.4. The summed E-state index contributed by atoms with van der Waals surface area (Å²) in [5, 5.41) is 15.1. The van der Waals surface area contributed by atoms with Crippen molar-refractivity contribution in [3.63, 3.8) is 0 Å². The SMILES string of the molecule is COC(=O)c1cc(OC)c2cccc(NC(=O)c3cc(OC)c4cccc([N+](=O)[O-])c4n3)c2n1. The molecule has 0 unspecified atom stereocenters. The lowest BCUT2D eigenvalue weighted by Crippen LogP contribution is -2.15. The van der Waals surface area contributed by atoms with E-state index in [9.17, 15) is 19.7 Å². The van der Waals surface area contributed by atoms with E-state index in [0.29, 0.717) is 16.5 Å². The molecule has 2 heterocycles. The minimum atomic E-state index is -0.672. The van der Waals surface area contributed by atoms with Gasteiger partial charge < -0.3 is 19.5 Å². The van der Waals surface area contributed by atoms with Crippen molar-refractivity contribution in [1.82, 2.24) is 9.97 Å². The lowest BCUT2D eigenvalue weighted by molar-refractivity contribution is -0.383. The van der Waals surface area contributed by atoms with Crippen LogP contribution in [0.4, 0.5) is 11.4 Å². The Hall–Kier alpha value is -4.80. The Morgan fingerprint density at radius 3 is 2.09 bits per heavy atom. The number of para-hydroxylation sites is 2. The molecular formula is C23H18N4O7. The predicted octanol–water partition coefficient (Wildman–Crippen LogP) is 3.75. The first-order valence-electron chi connectivity index (χ1n) is 9.87. The molecule has 1 amide bonds. The molecule has 172 valence electrons. The number of pyridine rings is 2. The number of amides is 1. The molecule has 0 aliphatic rings. The number of benzene rings is 2. The van der Waals surface area contributed by atoms with Gasteiger partial charge in [0.2, 0.25) is 0 Å². The second-order valence-electron chi connectivity index (χ2n) is 7.00. The highest BCUT2D eigenvalue weighted by atomic mass is 16.6. The summed E-state index contributed by atoms with van der Waals surface area (Å²) in [5.41, 5.74) is 0.207. The summed E-state index contributed by atoms with van der Waals surface area (Å²) in [6.45, 7) is 0. The molecule has 0 bridgehead atoms. The fraction of sp³-hybridized carbons (Fsp3) is 0.130. The maximum Gasteiger partial charge on any atom is 0.356 e. The zero-order chi connectivity index (χ0) is 24.4. The molecule has 2 aromatic carbocycles. The first-order chi connectivity index (χ1) is 16.4. The van der Waals surface area contributed by atoms with E-state index in [1.54, 1.807) is 24.3 Å². The molecule has 0 aliphatic heterocycles. The van der Waals surface area contributed by atoms with Crippen molar-refractivity contribution in [3.8, 4) is 11.5 Å². The van der Waals surface area contributed by atoms with Crippen LogP contribution in [0.15, 0.2) is 48.5 Å². The van der Waals surface area contributed by atoms with Crippen LogP contribution in [-0.2, 0) is 4.74 Å².